The maximum atomic E-state index is 12.7. The van der Waals surface area contributed by atoms with Crippen LogP contribution in [-0.2, 0) is 28.6 Å². The third-order valence-corrected chi connectivity index (χ3v) is 10.6. The zero-order valence-electron chi connectivity index (χ0n) is 40.4. The highest BCUT2D eigenvalue weighted by Gasteiger charge is 2.19. The van der Waals surface area contributed by atoms with Crippen LogP contribution in [-0.4, -0.2) is 37.2 Å². The van der Waals surface area contributed by atoms with E-state index in [1.54, 1.807) is 0 Å². The molecular weight excluding hydrogens is 769 g/mol. The Kier molecular flexibility index (Phi) is 47.5. The van der Waals surface area contributed by atoms with Gasteiger partial charge >= 0.3 is 17.9 Å². The number of rotatable bonds is 45. The van der Waals surface area contributed by atoms with Crippen LogP contribution in [0.3, 0.4) is 0 Å². The van der Waals surface area contributed by atoms with Crippen LogP contribution in [0.2, 0.25) is 0 Å². The molecule has 0 heterocycles. The molecule has 0 rings (SSSR count). The number of carbonyl (C=O) groups is 3. The molecule has 1 unspecified atom stereocenters. The van der Waals surface area contributed by atoms with Crippen molar-refractivity contribution in [3.05, 3.63) is 85.1 Å². The molecule has 0 aliphatic heterocycles. The first-order valence-corrected chi connectivity index (χ1v) is 25.6. The summed E-state index contributed by atoms with van der Waals surface area (Å²) in [4.78, 5) is 37.8. The van der Waals surface area contributed by atoms with E-state index in [1.165, 1.54) is 70.6 Å². The van der Waals surface area contributed by atoms with Crippen molar-refractivity contribution in [1.82, 2.24) is 0 Å². The molecule has 354 valence electrons. The van der Waals surface area contributed by atoms with Gasteiger partial charge in [0.2, 0.25) is 0 Å². The Bertz CT molecular complexity index is 1220. The van der Waals surface area contributed by atoms with Crippen LogP contribution in [0.5, 0.6) is 0 Å². The fourth-order valence-corrected chi connectivity index (χ4v) is 6.78. The molecule has 6 heteroatoms. The second-order valence-corrected chi connectivity index (χ2v) is 16.7. The van der Waals surface area contributed by atoms with Crippen LogP contribution in [0.15, 0.2) is 85.1 Å². The fraction of sp³-hybridized carbons (Fsp3) is 0.696. The van der Waals surface area contributed by atoms with E-state index in [0.717, 1.165) is 122 Å². The van der Waals surface area contributed by atoms with E-state index < -0.39 is 6.10 Å². The van der Waals surface area contributed by atoms with Gasteiger partial charge in [-0.05, 0) is 89.9 Å². The molecule has 0 bridgehead atoms. The highest BCUT2D eigenvalue weighted by molar-refractivity contribution is 5.71. The molecule has 1 atom stereocenters. The molecule has 0 radical (unpaired) electrons. The number of unbranched alkanes of at least 4 members (excludes halogenated alkanes) is 20. The molecule has 0 N–H and O–H groups in total. The van der Waals surface area contributed by atoms with E-state index in [1.807, 2.05) is 0 Å². The normalized spacial score (nSPS) is 12.8. The SMILES string of the molecule is CC/C=C\C/C=C\C/C=C\C/C=C\C/C=C\C/C=C\CCCCCCCCC(=O)OCC(COC(=O)CCCCCCCCCC)OC(=O)CCCCCCC/C=C\CCCC. The first-order chi connectivity index (χ1) is 30.5. The van der Waals surface area contributed by atoms with Crippen LogP contribution < -0.4 is 0 Å². The summed E-state index contributed by atoms with van der Waals surface area (Å²) in [6.07, 6.45) is 64.4. The summed E-state index contributed by atoms with van der Waals surface area (Å²) in [5, 5.41) is 0. The Morgan fingerprint density at radius 3 is 1.05 bits per heavy atom. The Labute approximate surface area is 382 Å². The van der Waals surface area contributed by atoms with Crippen molar-refractivity contribution in [3.8, 4) is 0 Å². The monoisotopic (exact) mass is 863 g/mol. The average Bonchev–Trinajstić information content (AvgIpc) is 3.27. The third-order valence-electron chi connectivity index (χ3n) is 10.6. The predicted octanol–water partition coefficient (Wildman–Crippen LogP) is 16.8. The van der Waals surface area contributed by atoms with Gasteiger partial charge in [0.15, 0.2) is 6.10 Å². The fourth-order valence-electron chi connectivity index (χ4n) is 6.78. The molecule has 0 aliphatic carbocycles. The first-order valence-electron chi connectivity index (χ1n) is 25.6. The van der Waals surface area contributed by atoms with E-state index in [-0.39, 0.29) is 31.1 Å². The van der Waals surface area contributed by atoms with Gasteiger partial charge in [-0.15, -0.1) is 0 Å². The van der Waals surface area contributed by atoms with Crippen LogP contribution in [0, 0.1) is 0 Å². The van der Waals surface area contributed by atoms with E-state index in [4.69, 9.17) is 14.2 Å². The quantitative estimate of drug-likeness (QED) is 0.0263. The van der Waals surface area contributed by atoms with E-state index >= 15 is 0 Å². The van der Waals surface area contributed by atoms with Crippen molar-refractivity contribution < 1.29 is 28.6 Å². The molecule has 0 aromatic rings. The Morgan fingerprint density at radius 2 is 0.645 bits per heavy atom. The predicted molar refractivity (Wildman–Crippen MR) is 265 cm³/mol. The number of hydrogen-bond acceptors (Lipinski definition) is 6. The maximum absolute atomic E-state index is 12.7. The van der Waals surface area contributed by atoms with Crippen molar-refractivity contribution in [3.63, 3.8) is 0 Å². The standard InChI is InChI=1S/C56H94O6/c1-4-7-10-13-16-19-21-22-23-24-25-26-27-28-29-30-31-32-33-34-36-37-40-43-46-49-55(58)61-52-53(51-60-54(57)48-45-42-39-18-15-12-9-6-3)62-56(59)50-47-44-41-38-35-20-17-14-11-8-5-2/h7,10,14,16-17,19,22-23,25-26,28-29,31-32,53H,4-6,8-9,11-13,15,18,20-21,24,27,30,33-52H2,1-3H3/b10-7-,17-14-,19-16-,23-22-,26-25-,29-28-,32-31-. The summed E-state index contributed by atoms with van der Waals surface area (Å²) in [6.45, 7) is 6.42. The molecule has 0 spiro atoms. The number of carbonyl (C=O) groups excluding carboxylic acids is 3. The van der Waals surface area contributed by atoms with Crippen molar-refractivity contribution in [2.45, 2.75) is 239 Å². The Morgan fingerprint density at radius 1 is 0.339 bits per heavy atom. The Balaban J connectivity index is 4.25. The van der Waals surface area contributed by atoms with Gasteiger partial charge in [-0.25, -0.2) is 0 Å². The number of hydrogen-bond donors (Lipinski definition) is 0. The summed E-state index contributed by atoms with van der Waals surface area (Å²) in [5.74, 6) is -0.917. The topological polar surface area (TPSA) is 78.9 Å². The number of allylic oxidation sites excluding steroid dienone is 14. The van der Waals surface area contributed by atoms with Gasteiger partial charge in [0, 0.05) is 19.3 Å². The number of ether oxygens (including phenoxy) is 3. The van der Waals surface area contributed by atoms with Gasteiger partial charge in [-0.1, -0.05) is 209 Å². The molecule has 0 aliphatic rings. The van der Waals surface area contributed by atoms with E-state index in [0.29, 0.717) is 19.3 Å². The van der Waals surface area contributed by atoms with Crippen LogP contribution in [0.1, 0.15) is 233 Å². The molecule has 6 nitrogen and oxygen atoms in total. The lowest BCUT2D eigenvalue weighted by molar-refractivity contribution is -0.167. The maximum Gasteiger partial charge on any atom is 0.306 e. The molecule has 0 fully saturated rings. The van der Waals surface area contributed by atoms with Gasteiger partial charge in [-0.2, -0.15) is 0 Å². The lowest BCUT2D eigenvalue weighted by Crippen LogP contribution is -2.30. The molecule has 62 heavy (non-hydrogen) atoms. The second kappa shape index (κ2) is 50.2. The smallest absolute Gasteiger partial charge is 0.306 e. The average molecular weight is 863 g/mol. The van der Waals surface area contributed by atoms with E-state index in [2.05, 4.69) is 106 Å². The minimum Gasteiger partial charge on any atom is -0.462 e. The van der Waals surface area contributed by atoms with Gasteiger partial charge in [0.25, 0.3) is 0 Å². The number of esters is 3. The summed E-state index contributed by atoms with van der Waals surface area (Å²) >= 11 is 0. The zero-order valence-corrected chi connectivity index (χ0v) is 40.4. The Hall–Kier alpha value is -3.41. The minimum atomic E-state index is -0.783. The van der Waals surface area contributed by atoms with Crippen molar-refractivity contribution in [2.24, 2.45) is 0 Å². The summed E-state index contributed by atoms with van der Waals surface area (Å²) in [5.41, 5.74) is 0. The molecule has 0 aromatic carbocycles. The summed E-state index contributed by atoms with van der Waals surface area (Å²) in [6, 6.07) is 0. The highest BCUT2D eigenvalue weighted by Crippen LogP contribution is 2.14. The van der Waals surface area contributed by atoms with Crippen LogP contribution >= 0.6 is 0 Å². The minimum absolute atomic E-state index is 0.0841. The van der Waals surface area contributed by atoms with Gasteiger partial charge in [0.1, 0.15) is 13.2 Å². The lowest BCUT2D eigenvalue weighted by atomic mass is 10.1. The highest BCUT2D eigenvalue weighted by atomic mass is 16.6. The molecule has 0 aromatic heterocycles. The van der Waals surface area contributed by atoms with Crippen LogP contribution in [0.25, 0.3) is 0 Å². The van der Waals surface area contributed by atoms with Gasteiger partial charge < -0.3 is 14.2 Å². The van der Waals surface area contributed by atoms with Gasteiger partial charge in [0.05, 0.1) is 0 Å². The van der Waals surface area contributed by atoms with Crippen molar-refractivity contribution in [2.75, 3.05) is 13.2 Å². The summed E-state index contributed by atoms with van der Waals surface area (Å²) < 4.78 is 16.7. The molecule has 0 saturated heterocycles. The molecular formula is C56H94O6. The summed E-state index contributed by atoms with van der Waals surface area (Å²) in [7, 11) is 0. The molecule has 0 saturated carbocycles. The van der Waals surface area contributed by atoms with Crippen molar-refractivity contribution >= 4 is 17.9 Å². The third kappa shape index (κ3) is 47.6. The molecule has 0 amide bonds. The largest absolute Gasteiger partial charge is 0.462 e. The van der Waals surface area contributed by atoms with Crippen molar-refractivity contribution in [1.29, 1.82) is 0 Å². The first kappa shape index (κ1) is 58.6. The lowest BCUT2D eigenvalue weighted by Gasteiger charge is -2.18. The second-order valence-electron chi connectivity index (χ2n) is 16.7. The van der Waals surface area contributed by atoms with Gasteiger partial charge in [-0.3, -0.25) is 14.4 Å². The van der Waals surface area contributed by atoms with E-state index in [9.17, 15) is 14.4 Å². The van der Waals surface area contributed by atoms with Crippen LogP contribution in [0.4, 0.5) is 0 Å². The zero-order chi connectivity index (χ0) is 45.1.